The molecule has 0 amide bonds. The zero-order chi connectivity index (χ0) is 13.4. The standard InChI is InChI=1S/C13H13BrN4S/c1-8-7-19-13-17-9(2)11(18(8)13)6-16-10-4-3-5-15-12(10)14/h3-5,7,16H,6H2,1-2H3. The molecule has 4 nitrogen and oxygen atoms in total. The average molecular weight is 337 g/mol. The third kappa shape index (κ3) is 2.26. The molecular weight excluding hydrogens is 324 g/mol. The third-order valence-corrected chi connectivity index (χ3v) is 4.61. The first kappa shape index (κ1) is 12.6. The summed E-state index contributed by atoms with van der Waals surface area (Å²) in [6, 6.07) is 3.92. The molecule has 0 aromatic carbocycles. The molecule has 0 fully saturated rings. The number of halogens is 1. The van der Waals surface area contributed by atoms with E-state index in [9.17, 15) is 0 Å². The van der Waals surface area contributed by atoms with E-state index in [4.69, 9.17) is 0 Å². The maximum atomic E-state index is 4.58. The Morgan fingerprint density at radius 2 is 2.26 bits per heavy atom. The van der Waals surface area contributed by atoms with Crippen molar-refractivity contribution >= 4 is 37.9 Å². The van der Waals surface area contributed by atoms with Crippen LogP contribution in [0.1, 0.15) is 17.1 Å². The van der Waals surface area contributed by atoms with E-state index in [1.165, 1.54) is 11.4 Å². The number of hydrogen-bond acceptors (Lipinski definition) is 4. The lowest BCUT2D eigenvalue weighted by atomic mass is 10.3. The van der Waals surface area contributed by atoms with Gasteiger partial charge in [0.15, 0.2) is 4.96 Å². The number of aryl methyl sites for hydroxylation is 2. The Hall–Kier alpha value is -1.40. The number of nitrogens with one attached hydrogen (secondary N) is 1. The molecule has 0 aliphatic rings. The minimum atomic E-state index is 0.731. The van der Waals surface area contributed by atoms with Crippen LogP contribution in [0.15, 0.2) is 28.3 Å². The molecule has 0 aliphatic heterocycles. The summed E-state index contributed by atoms with van der Waals surface area (Å²) in [5.74, 6) is 0. The monoisotopic (exact) mass is 336 g/mol. The van der Waals surface area contributed by atoms with E-state index in [-0.39, 0.29) is 0 Å². The fourth-order valence-electron chi connectivity index (χ4n) is 2.07. The van der Waals surface area contributed by atoms with Crippen LogP contribution in [0.5, 0.6) is 0 Å². The van der Waals surface area contributed by atoms with Crippen molar-refractivity contribution in [3.05, 3.63) is 45.4 Å². The van der Waals surface area contributed by atoms with Crippen molar-refractivity contribution in [2.45, 2.75) is 20.4 Å². The van der Waals surface area contributed by atoms with Crippen molar-refractivity contribution in [3.63, 3.8) is 0 Å². The fourth-order valence-corrected chi connectivity index (χ4v) is 3.39. The van der Waals surface area contributed by atoms with Crippen LogP contribution in [0.3, 0.4) is 0 Å². The van der Waals surface area contributed by atoms with E-state index >= 15 is 0 Å². The van der Waals surface area contributed by atoms with E-state index < -0.39 is 0 Å². The van der Waals surface area contributed by atoms with Gasteiger partial charge in [0, 0.05) is 17.3 Å². The first-order valence-corrected chi connectivity index (χ1v) is 7.60. The molecule has 0 bridgehead atoms. The highest BCUT2D eigenvalue weighted by atomic mass is 79.9. The SMILES string of the molecule is Cc1nc2scc(C)n2c1CNc1cccnc1Br. The Bertz CT molecular complexity index is 731. The summed E-state index contributed by atoms with van der Waals surface area (Å²) in [5, 5.41) is 5.53. The van der Waals surface area contributed by atoms with Crippen LogP contribution in [-0.4, -0.2) is 14.4 Å². The number of aromatic nitrogens is 3. The number of imidazole rings is 1. The quantitative estimate of drug-likeness (QED) is 0.740. The highest BCUT2D eigenvalue weighted by molar-refractivity contribution is 9.10. The predicted molar refractivity (Wildman–Crippen MR) is 81.8 cm³/mol. The highest BCUT2D eigenvalue weighted by Crippen LogP contribution is 2.23. The summed E-state index contributed by atoms with van der Waals surface area (Å²) in [6.45, 7) is 4.89. The lowest BCUT2D eigenvalue weighted by molar-refractivity contribution is 0.963. The van der Waals surface area contributed by atoms with E-state index in [1.807, 2.05) is 12.1 Å². The van der Waals surface area contributed by atoms with Crippen LogP contribution in [-0.2, 0) is 6.54 Å². The van der Waals surface area contributed by atoms with Gasteiger partial charge in [0.05, 0.1) is 23.6 Å². The van der Waals surface area contributed by atoms with E-state index in [2.05, 4.69) is 54.8 Å². The van der Waals surface area contributed by atoms with Crippen molar-refractivity contribution in [1.29, 1.82) is 0 Å². The first-order chi connectivity index (χ1) is 9.16. The van der Waals surface area contributed by atoms with Gasteiger partial charge in [-0.3, -0.25) is 4.40 Å². The van der Waals surface area contributed by atoms with Crippen LogP contribution >= 0.6 is 27.3 Å². The molecule has 0 aliphatic carbocycles. The zero-order valence-corrected chi connectivity index (χ0v) is 13.0. The number of pyridine rings is 1. The second-order valence-electron chi connectivity index (χ2n) is 4.33. The van der Waals surface area contributed by atoms with E-state index in [0.29, 0.717) is 0 Å². The minimum Gasteiger partial charge on any atom is -0.377 e. The van der Waals surface area contributed by atoms with Gasteiger partial charge in [-0.2, -0.15) is 0 Å². The van der Waals surface area contributed by atoms with Crippen LogP contribution in [0, 0.1) is 13.8 Å². The number of anilines is 1. The van der Waals surface area contributed by atoms with Crippen molar-refractivity contribution < 1.29 is 0 Å². The number of rotatable bonds is 3. The zero-order valence-electron chi connectivity index (χ0n) is 10.6. The van der Waals surface area contributed by atoms with Crippen molar-refractivity contribution in [3.8, 4) is 0 Å². The lowest BCUT2D eigenvalue weighted by Gasteiger charge is -2.08. The van der Waals surface area contributed by atoms with Gasteiger partial charge in [0.25, 0.3) is 0 Å². The normalized spacial score (nSPS) is 11.1. The first-order valence-electron chi connectivity index (χ1n) is 5.93. The molecule has 1 N–H and O–H groups in total. The molecule has 3 rings (SSSR count). The molecule has 0 saturated carbocycles. The van der Waals surface area contributed by atoms with Gasteiger partial charge < -0.3 is 5.32 Å². The Morgan fingerprint density at radius 3 is 3.05 bits per heavy atom. The molecule has 0 spiro atoms. The Morgan fingerprint density at radius 1 is 1.42 bits per heavy atom. The summed E-state index contributed by atoms with van der Waals surface area (Å²) in [4.78, 5) is 9.84. The van der Waals surface area contributed by atoms with Gasteiger partial charge in [-0.25, -0.2) is 9.97 Å². The number of fused-ring (bicyclic) bond motifs is 1. The van der Waals surface area contributed by atoms with Gasteiger partial charge in [-0.1, -0.05) is 0 Å². The molecule has 6 heteroatoms. The maximum absolute atomic E-state index is 4.58. The second kappa shape index (κ2) is 4.94. The average Bonchev–Trinajstić information content (AvgIpc) is 2.89. The molecular formula is C13H13BrN4S. The van der Waals surface area contributed by atoms with Gasteiger partial charge in [0.1, 0.15) is 4.60 Å². The molecule has 0 atom stereocenters. The number of nitrogens with zero attached hydrogens (tertiary/aromatic N) is 3. The summed E-state index contributed by atoms with van der Waals surface area (Å²) >= 11 is 5.12. The van der Waals surface area contributed by atoms with Crippen LogP contribution in [0.4, 0.5) is 5.69 Å². The Balaban J connectivity index is 1.92. The number of thiazole rings is 1. The van der Waals surface area contributed by atoms with Crippen LogP contribution in [0.25, 0.3) is 4.96 Å². The van der Waals surface area contributed by atoms with E-state index in [0.717, 1.165) is 27.5 Å². The molecule has 19 heavy (non-hydrogen) atoms. The smallest absolute Gasteiger partial charge is 0.194 e. The van der Waals surface area contributed by atoms with Crippen molar-refractivity contribution in [2.75, 3.05) is 5.32 Å². The topological polar surface area (TPSA) is 42.2 Å². The molecule has 3 aromatic heterocycles. The molecule has 0 unspecified atom stereocenters. The highest BCUT2D eigenvalue weighted by Gasteiger charge is 2.12. The second-order valence-corrected chi connectivity index (χ2v) is 5.92. The fraction of sp³-hybridized carbons (Fsp3) is 0.231. The summed E-state index contributed by atoms with van der Waals surface area (Å²) < 4.78 is 3.03. The summed E-state index contributed by atoms with van der Waals surface area (Å²) in [6.07, 6.45) is 1.76. The maximum Gasteiger partial charge on any atom is 0.194 e. The Kier molecular flexibility index (Phi) is 3.28. The van der Waals surface area contributed by atoms with Crippen molar-refractivity contribution in [1.82, 2.24) is 14.4 Å². The number of hydrogen-bond donors (Lipinski definition) is 1. The molecule has 3 aromatic rings. The van der Waals surface area contributed by atoms with Gasteiger partial charge in [-0.05, 0) is 41.9 Å². The minimum absolute atomic E-state index is 0.731. The largest absolute Gasteiger partial charge is 0.377 e. The van der Waals surface area contributed by atoms with Crippen molar-refractivity contribution in [2.24, 2.45) is 0 Å². The van der Waals surface area contributed by atoms with Gasteiger partial charge in [0.2, 0.25) is 0 Å². The lowest BCUT2D eigenvalue weighted by Crippen LogP contribution is -2.05. The van der Waals surface area contributed by atoms with E-state index in [1.54, 1.807) is 17.5 Å². The summed E-state index contributed by atoms with van der Waals surface area (Å²) in [5.41, 5.74) is 4.49. The van der Waals surface area contributed by atoms with Crippen LogP contribution < -0.4 is 5.32 Å². The molecule has 98 valence electrons. The predicted octanol–water partition coefficient (Wildman–Crippen LogP) is 3.78. The summed E-state index contributed by atoms with van der Waals surface area (Å²) in [7, 11) is 0. The molecule has 0 saturated heterocycles. The molecule has 3 heterocycles. The van der Waals surface area contributed by atoms with Gasteiger partial charge >= 0.3 is 0 Å². The van der Waals surface area contributed by atoms with Crippen LogP contribution in [0.2, 0.25) is 0 Å². The Labute approximate surface area is 123 Å². The molecule has 0 radical (unpaired) electrons. The third-order valence-electron chi connectivity index (χ3n) is 3.04. The van der Waals surface area contributed by atoms with Gasteiger partial charge in [-0.15, -0.1) is 11.3 Å².